The molecule has 1 rings (SSSR count). The van der Waals surface area contributed by atoms with Crippen molar-refractivity contribution >= 4 is 44.0 Å². The molecule has 0 aliphatic carbocycles. The Hall–Kier alpha value is -1.69. The Morgan fingerprint density at radius 1 is 1.39 bits per heavy atom. The minimum Gasteiger partial charge on any atom is -0.275 e. The predicted octanol–water partition coefficient (Wildman–Crippen LogP) is 0.754. The minimum absolute atomic E-state index is 0.0981. The monoisotopic (exact) mass is 375 g/mol. The number of hydrogen-bond donors (Lipinski definition) is 2. The van der Waals surface area contributed by atoms with Gasteiger partial charge in [0.05, 0.1) is 5.69 Å². The van der Waals surface area contributed by atoms with Crippen LogP contribution in [0.5, 0.6) is 0 Å². The van der Waals surface area contributed by atoms with Crippen molar-refractivity contribution in [3.05, 3.63) is 21.8 Å². The van der Waals surface area contributed by atoms with Crippen LogP contribution in [0.4, 0.5) is 5.69 Å². The van der Waals surface area contributed by atoms with Gasteiger partial charge < -0.3 is 0 Å². The third kappa shape index (κ3) is 3.66. The van der Waals surface area contributed by atoms with Crippen molar-refractivity contribution in [2.75, 3.05) is 5.43 Å². The molecule has 7 nitrogen and oxygen atoms in total. The number of nitrogens with two attached hydrogens (primary N) is 1. The van der Waals surface area contributed by atoms with Crippen LogP contribution in [0.3, 0.4) is 0 Å². The summed E-state index contributed by atoms with van der Waals surface area (Å²) in [6, 6.07) is 7.50. The minimum atomic E-state index is -3.92. The lowest BCUT2D eigenvalue weighted by Gasteiger charge is -2.07. The zero-order valence-corrected chi connectivity index (χ0v) is 11.7. The molecule has 3 N–H and O–H groups in total. The van der Waals surface area contributed by atoms with Crippen LogP contribution in [0.1, 0.15) is 0 Å². The van der Waals surface area contributed by atoms with E-state index >= 15 is 0 Å². The molecule has 1 aromatic carbocycles. The van der Waals surface area contributed by atoms with Gasteiger partial charge in [-0.15, -0.1) is 0 Å². The van der Waals surface area contributed by atoms with Gasteiger partial charge in [-0.1, -0.05) is 0 Å². The number of benzene rings is 1. The molecule has 0 spiro atoms. The molecule has 0 saturated carbocycles. The number of sulfonamides is 1. The van der Waals surface area contributed by atoms with Gasteiger partial charge in [-0.3, -0.25) is 5.43 Å². The van der Waals surface area contributed by atoms with Gasteiger partial charge in [0.1, 0.15) is 17.0 Å². The van der Waals surface area contributed by atoms with Crippen molar-refractivity contribution < 1.29 is 8.42 Å². The Morgan fingerprint density at radius 3 is 2.50 bits per heavy atom. The molecule has 0 heterocycles. The number of nitriles is 2. The molecular formula is C9H6IN5O2S. The molecule has 18 heavy (non-hydrogen) atoms. The van der Waals surface area contributed by atoms with E-state index < -0.39 is 15.7 Å². The van der Waals surface area contributed by atoms with Crippen molar-refractivity contribution in [2.45, 2.75) is 4.90 Å². The topological polar surface area (TPSA) is 132 Å². The van der Waals surface area contributed by atoms with E-state index in [2.05, 4.69) is 10.5 Å². The molecular weight excluding hydrogens is 369 g/mol. The normalized spacial score (nSPS) is 10.0. The Labute approximate surface area is 117 Å². The Morgan fingerprint density at radius 2 is 2.00 bits per heavy atom. The number of nitrogens with one attached hydrogen (secondary N) is 1. The van der Waals surface area contributed by atoms with Crippen molar-refractivity contribution in [1.82, 2.24) is 0 Å². The van der Waals surface area contributed by atoms with Crippen LogP contribution in [-0.4, -0.2) is 14.1 Å². The fourth-order valence-electron chi connectivity index (χ4n) is 1.02. The van der Waals surface area contributed by atoms with Gasteiger partial charge in [-0.25, -0.2) is 13.6 Å². The number of hydrogen-bond acceptors (Lipinski definition) is 6. The van der Waals surface area contributed by atoms with Gasteiger partial charge in [0.25, 0.3) is 0 Å². The molecule has 92 valence electrons. The van der Waals surface area contributed by atoms with E-state index in [-0.39, 0.29) is 10.6 Å². The fraction of sp³-hybridized carbons (Fsp3) is 0. The van der Waals surface area contributed by atoms with Crippen molar-refractivity contribution in [1.29, 1.82) is 10.5 Å². The molecule has 0 atom stereocenters. The Kier molecular flexibility index (Phi) is 4.61. The summed E-state index contributed by atoms with van der Waals surface area (Å²) in [5.41, 5.74) is 2.01. The number of primary sulfonamides is 1. The standard InChI is InChI=1S/C9H6IN5O2S/c10-6-1-2-8(9(3-6)18(13,16)17)15-14-7(4-11)5-12/h1-3,15H,(H2,13,16,17). The molecule has 0 saturated heterocycles. The third-order valence-corrected chi connectivity index (χ3v) is 3.37. The smallest absolute Gasteiger partial charge is 0.240 e. The van der Waals surface area contributed by atoms with Crippen LogP contribution in [0.2, 0.25) is 0 Å². The maximum atomic E-state index is 11.3. The number of halogens is 1. The first-order valence-electron chi connectivity index (χ1n) is 4.34. The largest absolute Gasteiger partial charge is 0.275 e. The fourth-order valence-corrected chi connectivity index (χ4v) is 2.43. The first-order valence-corrected chi connectivity index (χ1v) is 6.97. The molecule has 0 fully saturated rings. The summed E-state index contributed by atoms with van der Waals surface area (Å²) in [6.07, 6.45) is 0. The number of anilines is 1. The highest BCUT2D eigenvalue weighted by molar-refractivity contribution is 14.1. The highest BCUT2D eigenvalue weighted by Crippen LogP contribution is 2.22. The summed E-state index contributed by atoms with van der Waals surface area (Å²) >= 11 is 1.93. The second-order valence-corrected chi connectivity index (χ2v) is 5.76. The van der Waals surface area contributed by atoms with E-state index in [0.717, 1.165) is 0 Å². The van der Waals surface area contributed by atoms with E-state index in [1.807, 2.05) is 22.6 Å². The van der Waals surface area contributed by atoms with Crippen LogP contribution < -0.4 is 10.6 Å². The predicted molar refractivity (Wildman–Crippen MR) is 72.8 cm³/mol. The zero-order valence-electron chi connectivity index (χ0n) is 8.75. The zero-order chi connectivity index (χ0) is 13.8. The third-order valence-electron chi connectivity index (χ3n) is 1.75. The van der Waals surface area contributed by atoms with Gasteiger partial charge in [0.15, 0.2) is 0 Å². The van der Waals surface area contributed by atoms with Gasteiger partial charge in [0, 0.05) is 3.57 Å². The molecule has 0 aliphatic heterocycles. The summed E-state index contributed by atoms with van der Waals surface area (Å²) in [5.74, 6) is 0. The number of nitrogens with zero attached hydrogens (tertiary/aromatic N) is 3. The molecule has 0 bridgehead atoms. The molecule has 0 aliphatic rings. The Balaban J connectivity index is 3.24. The number of hydrazone groups is 1. The summed E-state index contributed by atoms with van der Waals surface area (Å²) < 4.78 is 23.4. The first-order chi connectivity index (χ1) is 8.38. The highest BCUT2D eigenvalue weighted by atomic mass is 127. The summed E-state index contributed by atoms with van der Waals surface area (Å²) in [4.78, 5) is -0.159. The quantitative estimate of drug-likeness (QED) is 0.457. The van der Waals surface area contributed by atoms with E-state index in [0.29, 0.717) is 3.57 Å². The van der Waals surface area contributed by atoms with Crippen molar-refractivity contribution in [3.63, 3.8) is 0 Å². The SMILES string of the molecule is N#CC(C#N)=NNc1ccc(I)cc1S(N)(=O)=O. The van der Waals surface area contributed by atoms with E-state index in [4.69, 9.17) is 15.7 Å². The second kappa shape index (κ2) is 5.77. The van der Waals surface area contributed by atoms with Gasteiger partial charge in [0.2, 0.25) is 15.7 Å². The summed E-state index contributed by atoms with van der Waals surface area (Å²) in [5, 5.41) is 25.5. The summed E-state index contributed by atoms with van der Waals surface area (Å²) in [6.45, 7) is 0. The van der Waals surface area contributed by atoms with Crippen LogP contribution in [0.15, 0.2) is 28.2 Å². The summed E-state index contributed by atoms with van der Waals surface area (Å²) in [7, 11) is -3.92. The lowest BCUT2D eigenvalue weighted by Crippen LogP contribution is -2.14. The molecule has 9 heteroatoms. The Bertz CT molecular complexity index is 668. The van der Waals surface area contributed by atoms with Gasteiger partial charge in [-0.05, 0) is 40.8 Å². The molecule has 0 aromatic heterocycles. The van der Waals surface area contributed by atoms with Crippen LogP contribution >= 0.6 is 22.6 Å². The van der Waals surface area contributed by atoms with Gasteiger partial charge in [-0.2, -0.15) is 15.6 Å². The molecule has 0 unspecified atom stereocenters. The molecule has 0 amide bonds. The first kappa shape index (κ1) is 14.4. The average molecular weight is 375 g/mol. The van der Waals surface area contributed by atoms with Crippen LogP contribution in [-0.2, 0) is 10.0 Å². The van der Waals surface area contributed by atoms with Crippen LogP contribution in [0, 0.1) is 26.2 Å². The van der Waals surface area contributed by atoms with Crippen molar-refractivity contribution in [2.24, 2.45) is 10.2 Å². The second-order valence-electron chi connectivity index (χ2n) is 2.98. The van der Waals surface area contributed by atoms with E-state index in [9.17, 15) is 8.42 Å². The van der Waals surface area contributed by atoms with E-state index in [1.54, 1.807) is 6.07 Å². The maximum absolute atomic E-state index is 11.3. The van der Waals surface area contributed by atoms with Crippen molar-refractivity contribution in [3.8, 4) is 12.1 Å². The lowest BCUT2D eigenvalue weighted by atomic mass is 10.3. The molecule has 1 aromatic rings. The average Bonchev–Trinajstić information content (AvgIpc) is 2.30. The lowest BCUT2D eigenvalue weighted by molar-refractivity contribution is 0.598. The number of rotatable bonds is 3. The molecule has 0 radical (unpaired) electrons. The van der Waals surface area contributed by atoms with Gasteiger partial charge >= 0.3 is 0 Å². The maximum Gasteiger partial charge on any atom is 0.240 e. The van der Waals surface area contributed by atoms with Crippen LogP contribution in [0.25, 0.3) is 0 Å². The van der Waals surface area contributed by atoms with E-state index in [1.165, 1.54) is 24.3 Å². The highest BCUT2D eigenvalue weighted by Gasteiger charge is 2.14.